The summed E-state index contributed by atoms with van der Waals surface area (Å²) in [5, 5.41) is 3.36. The predicted octanol–water partition coefficient (Wildman–Crippen LogP) is 5.39. The van der Waals surface area contributed by atoms with E-state index in [9.17, 15) is 4.79 Å². The highest BCUT2D eigenvalue weighted by Gasteiger charge is 2.53. The maximum Gasteiger partial charge on any atom is 0.220 e. The van der Waals surface area contributed by atoms with Crippen molar-refractivity contribution in [2.24, 2.45) is 23.2 Å². The molecular formula is C25H32N2O2. The van der Waals surface area contributed by atoms with Gasteiger partial charge in [0.1, 0.15) is 0 Å². The van der Waals surface area contributed by atoms with Gasteiger partial charge >= 0.3 is 0 Å². The summed E-state index contributed by atoms with van der Waals surface area (Å²) in [6.07, 6.45) is 12.1. The standard InChI is InChI=1S/C25H32N2O2/c1-17(25-13-18-10-19(14-25)12-20(11-18)15-25)27-23(28)8-5-9-24-26-16-22(29-24)21-6-3-2-4-7-21/h2-4,6-7,16-20H,5,8-15H2,1H3,(H,27,28). The number of rotatable bonds is 7. The number of carbonyl (C=O) groups excluding carboxylic acids is 1. The Bertz CT molecular complexity index is 821. The molecule has 4 fully saturated rings. The second-order valence-electron chi connectivity index (χ2n) is 9.91. The molecule has 4 bridgehead atoms. The number of hydrogen-bond donors (Lipinski definition) is 1. The molecule has 1 heterocycles. The zero-order valence-electron chi connectivity index (χ0n) is 17.4. The molecule has 2 aromatic rings. The maximum atomic E-state index is 12.6. The Kier molecular flexibility index (Phi) is 4.97. The van der Waals surface area contributed by atoms with E-state index in [4.69, 9.17) is 4.42 Å². The summed E-state index contributed by atoms with van der Waals surface area (Å²) in [6, 6.07) is 10.3. The first-order valence-electron chi connectivity index (χ1n) is 11.4. The van der Waals surface area contributed by atoms with Crippen molar-refractivity contribution in [3.63, 3.8) is 0 Å². The van der Waals surface area contributed by atoms with E-state index in [-0.39, 0.29) is 5.91 Å². The number of aromatic nitrogens is 1. The Labute approximate surface area is 173 Å². The molecule has 1 aromatic heterocycles. The Morgan fingerprint density at radius 1 is 1.14 bits per heavy atom. The third-order valence-electron chi connectivity index (χ3n) is 7.79. The lowest BCUT2D eigenvalue weighted by Gasteiger charge is -2.59. The molecule has 0 saturated heterocycles. The molecule has 6 rings (SSSR count). The number of benzene rings is 1. The van der Waals surface area contributed by atoms with Crippen molar-refractivity contribution in [1.29, 1.82) is 0 Å². The molecular weight excluding hydrogens is 360 g/mol. The van der Waals surface area contributed by atoms with Crippen molar-refractivity contribution in [2.75, 3.05) is 0 Å². The Morgan fingerprint density at radius 3 is 2.45 bits per heavy atom. The highest BCUT2D eigenvalue weighted by Crippen LogP contribution is 2.61. The van der Waals surface area contributed by atoms with Gasteiger partial charge in [0.25, 0.3) is 0 Å². The highest BCUT2D eigenvalue weighted by atomic mass is 16.4. The number of carbonyl (C=O) groups is 1. The minimum absolute atomic E-state index is 0.183. The second kappa shape index (κ2) is 7.62. The van der Waals surface area contributed by atoms with Gasteiger partial charge in [0, 0.05) is 24.4 Å². The molecule has 1 N–H and O–H groups in total. The summed E-state index contributed by atoms with van der Waals surface area (Å²) in [4.78, 5) is 17.0. The molecule has 1 unspecified atom stereocenters. The summed E-state index contributed by atoms with van der Waals surface area (Å²) < 4.78 is 5.85. The molecule has 29 heavy (non-hydrogen) atoms. The van der Waals surface area contributed by atoms with Gasteiger partial charge in [-0.05, 0) is 75.0 Å². The van der Waals surface area contributed by atoms with Crippen LogP contribution in [-0.4, -0.2) is 16.9 Å². The maximum absolute atomic E-state index is 12.6. The van der Waals surface area contributed by atoms with Crippen molar-refractivity contribution in [2.45, 2.75) is 70.8 Å². The van der Waals surface area contributed by atoms with E-state index in [0.717, 1.165) is 35.5 Å². The number of aryl methyl sites for hydroxylation is 1. The average Bonchev–Trinajstić information content (AvgIpc) is 3.16. The largest absolute Gasteiger partial charge is 0.441 e. The SMILES string of the molecule is CC(NC(=O)CCCc1ncc(-c2ccccc2)o1)C12CC3CC(CC(C3)C1)C2. The van der Waals surface area contributed by atoms with Gasteiger partial charge in [-0.2, -0.15) is 0 Å². The van der Waals surface area contributed by atoms with E-state index >= 15 is 0 Å². The van der Waals surface area contributed by atoms with Crippen LogP contribution in [-0.2, 0) is 11.2 Å². The van der Waals surface area contributed by atoms with Crippen LogP contribution in [0.3, 0.4) is 0 Å². The number of amides is 1. The molecule has 0 aliphatic heterocycles. The minimum Gasteiger partial charge on any atom is -0.441 e. The molecule has 4 nitrogen and oxygen atoms in total. The Hall–Kier alpha value is -2.10. The van der Waals surface area contributed by atoms with Crippen molar-refractivity contribution in [1.82, 2.24) is 10.3 Å². The van der Waals surface area contributed by atoms with E-state index in [1.54, 1.807) is 6.20 Å². The van der Waals surface area contributed by atoms with Crippen LogP contribution in [0.15, 0.2) is 40.9 Å². The molecule has 4 heteroatoms. The first-order valence-corrected chi connectivity index (χ1v) is 11.4. The van der Waals surface area contributed by atoms with E-state index < -0.39 is 0 Å². The molecule has 4 aliphatic carbocycles. The van der Waals surface area contributed by atoms with E-state index in [1.165, 1.54) is 38.5 Å². The predicted molar refractivity (Wildman–Crippen MR) is 113 cm³/mol. The van der Waals surface area contributed by atoms with Gasteiger partial charge in [-0.25, -0.2) is 4.98 Å². The van der Waals surface area contributed by atoms with Crippen molar-refractivity contribution >= 4 is 5.91 Å². The van der Waals surface area contributed by atoms with Crippen molar-refractivity contribution in [3.05, 3.63) is 42.4 Å². The second-order valence-corrected chi connectivity index (χ2v) is 9.91. The molecule has 1 amide bonds. The van der Waals surface area contributed by atoms with Crippen LogP contribution in [0.1, 0.15) is 64.2 Å². The summed E-state index contributed by atoms with van der Waals surface area (Å²) in [6.45, 7) is 2.26. The van der Waals surface area contributed by atoms with E-state index in [2.05, 4.69) is 17.2 Å². The smallest absolute Gasteiger partial charge is 0.220 e. The normalized spacial score (nSPS) is 31.0. The Balaban J connectivity index is 1.11. The first-order chi connectivity index (χ1) is 14.1. The lowest BCUT2D eigenvalue weighted by Crippen LogP contribution is -2.55. The van der Waals surface area contributed by atoms with Crippen molar-refractivity contribution in [3.8, 4) is 11.3 Å². The van der Waals surface area contributed by atoms with Crippen LogP contribution < -0.4 is 5.32 Å². The number of nitrogens with zero attached hydrogens (tertiary/aromatic N) is 1. The summed E-state index contributed by atoms with van der Waals surface area (Å²) in [5.74, 6) is 4.45. The lowest BCUT2D eigenvalue weighted by molar-refractivity contribution is -0.126. The van der Waals surface area contributed by atoms with Gasteiger partial charge in [-0.1, -0.05) is 30.3 Å². The monoisotopic (exact) mass is 392 g/mol. The van der Waals surface area contributed by atoms with E-state index in [1.807, 2.05) is 30.3 Å². The van der Waals surface area contributed by atoms with Gasteiger partial charge in [-0.15, -0.1) is 0 Å². The van der Waals surface area contributed by atoms with Crippen LogP contribution in [0.5, 0.6) is 0 Å². The number of oxazole rings is 1. The van der Waals surface area contributed by atoms with Crippen LogP contribution in [0.25, 0.3) is 11.3 Å². The fraction of sp³-hybridized carbons (Fsp3) is 0.600. The van der Waals surface area contributed by atoms with Gasteiger partial charge in [-0.3, -0.25) is 4.79 Å². The summed E-state index contributed by atoms with van der Waals surface area (Å²) >= 11 is 0. The van der Waals surface area contributed by atoms with Crippen LogP contribution >= 0.6 is 0 Å². The van der Waals surface area contributed by atoms with Gasteiger partial charge < -0.3 is 9.73 Å². The zero-order chi connectivity index (χ0) is 19.8. The number of hydrogen-bond acceptors (Lipinski definition) is 3. The molecule has 0 radical (unpaired) electrons. The lowest BCUT2D eigenvalue weighted by atomic mass is 9.48. The van der Waals surface area contributed by atoms with Crippen LogP contribution in [0.4, 0.5) is 0 Å². The molecule has 4 saturated carbocycles. The quantitative estimate of drug-likeness (QED) is 0.688. The third kappa shape index (κ3) is 3.86. The fourth-order valence-corrected chi connectivity index (χ4v) is 6.74. The first kappa shape index (κ1) is 18.9. The fourth-order valence-electron chi connectivity index (χ4n) is 6.74. The van der Waals surface area contributed by atoms with Crippen LogP contribution in [0, 0.1) is 23.2 Å². The van der Waals surface area contributed by atoms with Gasteiger partial charge in [0.2, 0.25) is 5.91 Å². The summed E-state index contributed by atoms with van der Waals surface area (Å²) in [5.41, 5.74) is 1.41. The summed E-state index contributed by atoms with van der Waals surface area (Å²) in [7, 11) is 0. The molecule has 1 atom stereocenters. The topological polar surface area (TPSA) is 55.1 Å². The van der Waals surface area contributed by atoms with Gasteiger partial charge in [0.05, 0.1) is 6.20 Å². The van der Waals surface area contributed by atoms with Crippen molar-refractivity contribution < 1.29 is 9.21 Å². The third-order valence-corrected chi connectivity index (χ3v) is 7.79. The van der Waals surface area contributed by atoms with E-state index in [0.29, 0.717) is 30.2 Å². The minimum atomic E-state index is 0.183. The molecule has 1 aromatic carbocycles. The van der Waals surface area contributed by atoms with Gasteiger partial charge in [0.15, 0.2) is 11.7 Å². The van der Waals surface area contributed by atoms with Crippen LogP contribution in [0.2, 0.25) is 0 Å². The molecule has 4 aliphatic rings. The average molecular weight is 393 g/mol. The Morgan fingerprint density at radius 2 is 1.79 bits per heavy atom. The molecule has 0 spiro atoms. The zero-order valence-corrected chi connectivity index (χ0v) is 17.4. The highest BCUT2D eigenvalue weighted by molar-refractivity contribution is 5.76. The molecule has 154 valence electrons. The number of nitrogens with one attached hydrogen (secondary N) is 1.